The van der Waals surface area contributed by atoms with Crippen LogP contribution in [0.15, 0.2) is 6.20 Å². The van der Waals surface area contributed by atoms with Crippen molar-refractivity contribution in [2.45, 2.75) is 12.5 Å². The van der Waals surface area contributed by atoms with E-state index in [1.807, 2.05) is 0 Å². The Morgan fingerprint density at radius 2 is 2.26 bits per heavy atom. The lowest BCUT2D eigenvalue weighted by atomic mass is 10.1. The van der Waals surface area contributed by atoms with E-state index in [4.69, 9.17) is 5.11 Å². The molecule has 2 amide bonds. The van der Waals surface area contributed by atoms with E-state index in [1.54, 1.807) is 4.90 Å². The Labute approximate surface area is 108 Å². The number of hydrogen-bond acceptors (Lipinski definition) is 4. The summed E-state index contributed by atoms with van der Waals surface area (Å²) in [5, 5.41) is 18.5. The number of rotatable bonds is 5. The minimum atomic E-state index is -1.13. The van der Waals surface area contributed by atoms with E-state index in [0.29, 0.717) is 26.1 Å². The normalized spacial score (nSPS) is 15.1. The van der Waals surface area contributed by atoms with Crippen LogP contribution in [0.4, 0.5) is 9.18 Å². The molecule has 104 valence electrons. The number of hydrogen-bond donors (Lipinski definition) is 2. The Morgan fingerprint density at radius 3 is 2.84 bits per heavy atom. The summed E-state index contributed by atoms with van der Waals surface area (Å²) >= 11 is 0. The Morgan fingerprint density at radius 1 is 1.53 bits per heavy atom. The fourth-order valence-corrected chi connectivity index (χ4v) is 1.72. The van der Waals surface area contributed by atoms with E-state index < -0.39 is 12.6 Å². The first-order chi connectivity index (χ1) is 9.11. The van der Waals surface area contributed by atoms with Gasteiger partial charge in [0.1, 0.15) is 0 Å². The van der Waals surface area contributed by atoms with Crippen LogP contribution in [0.25, 0.3) is 0 Å². The van der Waals surface area contributed by atoms with E-state index in [-0.39, 0.29) is 17.8 Å². The second-order valence-electron chi connectivity index (χ2n) is 4.22. The molecule has 1 aromatic rings. The minimum absolute atomic E-state index is 0.0625. The molecule has 0 unspecified atom stereocenters. The predicted octanol–water partition coefficient (Wildman–Crippen LogP) is -0.0978. The van der Waals surface area contributed by atoms with Gasteiger partial charge < -0.3 is 15.3 Å². The monoisotopic (exact) mass is 271 g/mol. The number of carbonyl (C=O) groups is 2. The Bertz CT molecular complexity index is 471. The van der Waals surface area contributed by atoms with Crippen LogP contribution in [0.5, 0.6) is 0 Å². The largest absolute Gasteiger partial charge is 0.476 e. The summed E-state index contributed by atoms with van der Waals surface area (Å²) in [5.74, 6) is -1.13. The second-order valence-corrected chi connectivity index (χ2v) is 4.22. The van der Waals surface area contributed by atoms with Gasteiger partial charge >= 0.3 is 12.0 Å². The number of carboxylic acid groups (broad SMARTS) is 1. The summed E-state index contributed by atoms with van der Waals surface area (Å²) in [7, 11) is 0. The Hall–Kier alpha value is -2.19. The first-order valence-corrected chi connectivity index (χ1v) is 5.85. The van der Waals surface area contributed by atoms with Gasteiger partial charge in [0, 0.05) is 19.6 Å². The highest BCUT2D eigenvalue weighted by atomic mass is 19.1. The van der Waals surface area contributed by atoms with Crippen molar-refractivity contribution in [3.05, 3.63) is 11.9 Å². The quantitative estimate of drug-likeness (QED) is 0.728. The lowest BCUT2D eigenvalue weighted by molar-refractivity contribution is 0.0690. The van der Waals surface area contributed by atoms with Crippen molar-refractivity contribution in [3.63, 3.8) is 0 Å². The van der Waals surface area contributed by atoms with Crippen LogP contribution in [0.3, 0.4) is 0 Å². The lowest BCUT2D eigenvalue weighted by Crippen LogP contribution is -2.54. The summed E-state index contributed by atoms with van der Waals surface area (Å²) in [4.78, 5) is 23.7. The summed E-state index contributed by atoms with van der Waals surface area (Å²) in [6.45, 7) is 0.719. The van der Waals surface area contributed by atoms with Gasteiger partial charge in [0.05, 0.1) is 18.9 Å². The number of aromatic nitrogens is 3. The fourth-order valence-electron chi connectivity index (χ4n) is 1.72. The number of amides is 2. The summed E-state index contributed by atoms with van der Waals surface area (Å²) in [5.41, 5.74) is -0.120. The van der Waals surface area contributed by atoms with E-state index in [9.17, 15) is 14.0 Å². The van der Waals surface area contributed by atoms with Gasteiger partial charge in [-0.05, 0) is 6.42 Å². The van der Waals surface area contributed by atoms with E-state index in [1.165, 1.54) is 10.9 Å². The molecule has 2 N–H and O–H groups in total. The molecule has 0 radical (unpaired) electrons. The molecule has 9 heteroatoms. The summed E-state index contributed by atoms with van der Waals surface area (Å²) < 4.78 is 13.3. The number of carbonyl (C=O) groups excluding carboxylic acids is 1. The van der Waals surface area contributed by atoms with Gasteiger partial charge in [-0.1, -0.05) is 5.21 Å². The average Bonchev–Trinajstić information content (AvgIpc) is 2.77. The summed E-state index contributed by atoms with van der Waals surface area (Å²) in [6.07, 6.45) is 1.64. The van der Waals surface area contributed by atoms with Gasteiger partial charge in [-0.3, -0.25) is 4.39 Å². The third-order valence-corrected chi connectivity index (χ3v) is 2.84. The Kier molecular flexibility index (Phi) is 3.93. The van der Waals surface area contributed by atoms with Gasteiger partial charge in [-0.25, -0.2) is 14.3 Å². The third-order valence-electron chi connectivity index (χ3n) is 2.84. The van der Waals surface area contributed by atoms with E-state index in [2.05, 4.69) is 15.6 Å². The van der Waals surface area contributed by atoms with E-state index in [0.717, 1.165) is 0 Å². The molecule has 0 atom stereocenters. The number of nitrogens with zero attached hydrogens (tertiary/aromatic N) is 4. The lowest BCUT2D eigenvalue weighted by Gasteiger charge is -2.38. The standard InChI is InChI=1S/C10H14FN5O3/c11-2-1-3-12-10(19)15-4-7(5-15)16-6-8(9(17)18)13-14-16/h6-7H,1-5H2,(H,12,19)(H,17,18). The molecule has 1 aromatic heterocycles. The molecule has 0 aromatic carbocycles. The smallest absolute Gasteiger partial charge is 0.358 e. The van der Waals surface area contributed by atoms with Crippen LogP contribution in [0, 0.1) is 0 Å². The zero-order valence-corrected chi connectivity index (χ0v) is 10.1. The Balaban J connectivity index is 1.78. The molecule has 19 heavy (non-hydrogen) atoms. The number of urea groups is 1. The highest BCUT2D eigenvalue weighted by Gasteiger charge is 2.32. The van der Waals surface area contributed by atoms with Crippen LogP contribution >= 0.6 is 0 Å². The van der Waals surface area contributed by atoms with Crippen LogP contribution in [-0.4, -0.2) is 63.3 Å². The molecular weight excluding hydrogens is 257 g/mol. The molecule has 0 bridgehead atoms. The molecule has 2 heterocycles. The number of nitrogens with one attached hydrogen (secondary N) is 1. The number of likely N-dealkylation sites (tertiary alicyclic amines) is 1. The maximum absolute atomic E-state index is 11.9. The van der Waals surface area contributed by atoms with Gasteiger partial charge in [-0.15, -0.1) is 5.10 Å². The molecule has 0 aliphatic carbocycles. The molecule has 1 aliphatic rings. The molecule has 1 saturated heterocycles. The predicted molar refractivity (Wildman–Crippen MR) is 61.6 cm³/mol. The molecule has 1 fully saturated rings. The van der Waals surface area contributed by atoms with E-state index >= 15 is 0 Å². The minimum Gasteiger partial charge on any atom is -0.476 e. The SMILES string of the molecule is O=C(O)c1cn(C2CN(C(=O)NCCCF)C2)nn1. The van der Waals surface area contributed by atoms with Crippen molar-refractivity contribution in [3.8, 4) is 0 Å². The maximum atomic E-state index is 11.9. The average molecular weight is 271 g/mol. The highest BCUT2D eigenvalue weighted by Crippen LogP contribution is 2.20. The molecule has 0 saturated carbocycles. The molecular formula is C10H14FN5O3. The first kappa shape index (κ1) is 13.2. The summed E-state index contributed by atoms with van der Waals surface area (Å²) in [6, 6.07) is -0.309. The molecule has 0 spiro atoms. The third kappa shape index (κ3) is 2.98. The number of aromatic carboxylic acids is 1. The number of halogens is 1. The van der Waals surface area contributed by atoms with Crippen molar-refractivity contribution in [2.75, 3.05) is 26.3 Å². The van der Waals surface area contributed by atoms with Crippen molar-refractivity contribution in [1.29, 1.82) is 0 Å². The van der Waals surface area contributed by atoms with Crippen molar-refractivity contribution in [2.24, 2.45) is 0 Å². The van der Waals surface area contributed by atoms with Gasteiger partial charge in [0.25, 0.3) is 0 Å². The van der Waals surface area contributed by atoms with Crippen LogP contribution in [0.2, 0.25) is 0 Å². The van der Waals surface area contributed by atoms with Gasteiger partial charge in [-0.2, -0.15) is 0 Å². The zero-order valence-electron chi connectivity index (χ0n) is 10.1. The fraction of sp³-hybridized carbons (Fsp3) is 0.600. The van der Waals surface area contributed by atoms with Crippen LogP contribution < -0.4 is 5.32 Å². The second kappa shape index (κ2) is 5.63. The highest BCUT2D eigenvalue weighted by molar-refractivity contribution is 5.84. The zero-order chi connectivity index (χ0) is 13.8. The van der Waals surface area contributed by atoms with Crippen molar-refractivity contribution >= 4 is 12.0 Å². The molecule has 1 aliphatic heterocycles. The van der Waals surface area contributed by atoms with Crippen molar-refractivity contribution < 1.29 is 19.1 Å². The van der Waals surface area contributed by atoms with Crippen LogP contribution in [-0.2, 0) is 0 Å². The topological polar surface area (TPSA) is 100 Å². The molecule has 2 rings (SSSR count). The maximum Gasteiger partial charge on any atom is 0.358 e. The first-order valence-electron chi connectivity index (χ1n) is 5.85. The number of carboxylic acids is 1. The number of alkyl halides is 1. The molecule has 8 nitrogen and oxygen atoms in total. The van der Waals surface area contributed by atoms with Gasteiger partial charge in [0.2, 0.25) is 0 Å². The van der Waals surface area contributed by atoms with Crippen LogP contribution in [0.1, 0.15) is 23.0 Å². The van der Waals surface area contributed by atoms with Crippen molar-refractivity contribution in [1.82, 2.24) is 25.2 Å². The van der Waals surface area contributed by atoms with Gasteiger partial charge in [0.15, 0.2) is 5.69 Å².